The summed E-state index contributed by atoms with van der Waals surface area (Å²) in [6, 6.07) is 0. The van der Waals surface area contributed by atoms with Gasteiger partial charge in [-0.2, -0.15) is 0 Å². The van der Waals surface area contributed by atoms with E-state index in [0.717, 1.165) is 0 Å². The van der Waals surface area contributed by atoms with Crippen LogP contribution >= 0.6 is 0 Å². The van der Waals surface area contributed by atoms with Crippen molar-refractivity contribution in [2.24, 2.45) is 5.16 Å². The number of nitrogens with zero attached hydrogens (tertiary/aromatic N) is 1. The van der Waals surface area contributed by atoms with Crippen molar-refractivity contribution in [3.8, 4) is 0 Å². The highest BCUT2D eigenvalue weighted by Gasteiger charge is 2.09. The van der Waals surface area contributed by atoms with Crippen LogP contribution in [-0.4, -0.2) is 36.1 Å². The van der Waals surface area contributed by atoms with Crippen LogP contribution < -0.4 is 0 Å². The number of rotatable bonds is 8. The van der Waals surface area contributed by atoms with Crippen LogP contribution in [0, 0.1) is 0 Å². The number of esters is 2. The Morgan fingerprint density at radius 1 is 0.941 bits per heavy atom. The molecule has 0 saturated heterocycles. The summed E-state index contributed by atoms with van der Waals surface area (Å²) in [5, 5.41) is 11.7. The number of hydrogen-bond acceptors (Lipinski definition) is 6. The summed E-state index contributed by atoms with van der Waals surface area (Å²) in [6.07, 6.45) is 0.871. The summed E-state index contributed by atoms with van der Waals surface area (Å²) in [4.78, 5) is 22.1. The smallest absolute Gasteiger partial charge is 0.306 e. The third-order valence-electron chi connectivity index (χ3n) is 1.99. The molecule has 0 aliphatic heterocycles. The van der Waals surface area contributed by atoms with Crippen LogP contribution in [0.1, 0.15) is 39.5 Å². The Kier molecular flexibility index (Phi) is 8.72. The van der Waals surface area contributed by atoms with Crippen LogP contribution in [0.4, 0.5) is 0 Å². The van der Waals surface area contributed by atoms with Gasteiger partial charge in [0, 0.05) is 0 Å². The van der Waals surface area contributed by atoms with E-state index in [9.17, 15) is 9.59 Å². The number of carbonyl (C=O) groups excluding carboxylic acids is 2. The molecule has 6 heteroatoms. The molecule has 0 fully saturated rings. The second-order valence-corrected chi connectivity index (χ2v) is 3.28. The Bertz CT molecular complexity index is 251. The van der Waals surface area contributed by atoms with Crippen molar-refractivity contribution in [3.63, 3.8) is 0 Å². The summed E-state index contributed by atoms with van der Waals surface area (Å²) >= 11 is 0. The van der Waals surface area contributed by atoms with Gasteiger partial charge < -0.3 is 14.7 Å². The van der Waals surface area contributed by atoms with Gasteiger partial charge in [-0.15, -0.1) is 0 Å². The third-order valence-corrected chi connectivity index (χ3v) is 1.99. The largest absolute Gasteiger partial charge is 0.466 e. The molecule has 0 heterocycles. The van der Waals surface area contributed by atoms with E-state index in [-0.39, 0.29) is 37.6 Å². The normalized spacial score (nSPS) is 9.53. The van der Waals surface area contributed by atoms with Crippen molar-refractivity contribution in [3.05, 3.63) is 0 Å². The first-order valence-corrected chi connectivity index (χ1v) is 5.65. The first kappa shape index (κ1) is 15.4. The number of oxime groups is 1. The van der Waals surface area contributed by atoms with Gasteiger partial charge in [0.05, 0.1) is 31.8 Å². The van der Waals surface area contributed by atoms with Gasteiger partial charge in [-0.05, 0) is 26.7 Å². The standard InChI is InChI=1S/C11H19NO5/c1-3-16-10(13)7-5-9(12-15)6-8-11(14)17-4-2/h15H,3-8H2,1-2H3. The van der Waals surface area contributed by atoms with Crippen molar-refractivity contribution in [1.82, 2.24) is 0 Å². The van der Waals surface area contributed by atoms with Crippen LogP contribution in [0.25, 0.3) is 0 Å². The average Bonchev–Trinajstić information content (AvgIpc) is 2.30. The van der Waals surface area contributed by atoms with E-state index in [0.29, 0.717) is 18.9 Å². The van der Waals surface area contributed by atoms with Crippen LogP contribution in [0.5, 0.6) is 0 Å². The lowest BCUT2D eigenvalue weighted by Gasteiger charge is -2.04. The molecule has 0 saturated carbocycles. The first-order valence-electron chi connectivity index (χ1n) is 5.65. The highest BCUT2D eigenvalue weighted by atomic mass is 16.5. The molecule has 0 amide bonds. The average molecular weight is 245 g/mol. The lowest BCUT2D eigenvalue weighted by molar-refractivity contribution is -0.143. The Morgan fingerprint density at radius 3 is 1.65 bits per heavy atom. The van der Waals surface area contributed by atoms with E-state index in [1.165, 1.54) is 0 Å². The van der Waals surface area contributed by atoms with Crippen molar-refractivity contribution in [1.29, 1.82) is 0 Å². The molecule has 17 heavy (non-hydrogen) atoms. The summed E-state index contributed by atoms with van der Waals surface area (Å²) in [5.41, 5.74) is 0.395. The molecule has 98 valence electrons. The molecule has 0 atom stereocenters. The van der Waals surface area contributed by atoms with Crippen molar-refractivity contribution in [2.75, 3.05) is 13.2 Å². The predicted octanol–water partition coefficient (Wildman–Crippen LogP) is 1.50. The molecule has 0 bridgehead atoms. The quantitative estimate of drug-likeness (QED) is 0.303. The molecule has 0 aromatic heterocycles. The minimum Gasteiger partial charge on any atom is -0.466 e. The van der Waals surface area contributed by atoms with Crippen molar-refractivity contribution in [2.45, 2.75) is 39.5 Å². The van der Waals surface area contributed by atoms with Crippen LogP contribution in [0.3, 0.4) is 0 Å². The van der Waals surface area contributed by atoms with Gasteiger partial charge >= 0.3 is 11.9 Å². The molecule has 0 spiro atoms. The van der Waals surface area contributed by atoms with Crippen molar-refractivity contribution < 1.29 is 24.3 Å². The predicted molar refractivity (Wildman–Crippen MR) is 61.0 cm³/mol. The van der Waals surface area contributed by atoms with E-state index in [1.807, 2.05) is 0 Å². The van der Waals surface area contributed by atoms with Gasteiger partial charge in [0.1, 0.15) is 0 Å². The third kappa shape index (κ3) is 8.24. The molecule has 6 nitrogen and oxygen atoms in total. The fourth-order valence-electron chi connectivity index (χ4n) is 1.18. The zero-order valence-corrected chi connectivity index (χ0v) is 10.3. The van der Waals surface area contributed by atoms with Crippen LogP contribution in [0.15, 0.2) is 5.16 Å². The van der Waals surface area contributed by atoms with Gasteiger partial charge in [0.2, 0.25) is 0 Å². The van der Waals surface area contributed by atoms with Gasteiger partial charge in [0.15, 0.2) is 0 Å². The molecular weight excluding hydrogens is 226 g/mol. The summed E-state index contributed by atoms with van der Waals surface area (Å²) in [5.74, 6) is -0.686. The number of ether oxygens (including phenoxy) is 2. The first-order chi connectivity index (χ1) is 8.13. The zero-order valence-electron chi connectivity index (χ0n) is 10.3. The maximum absolute atomic E-state index is 11.1. The van der Waals surface area contributed by atoms with Gasteiger partial charge in [-0.25, -0.2) is 0 Å². The Labute approximate surface area is 101 Å². The molecule has 1 N–H and O–H groups in total. The second-order valence-electron chi connectivity index (χ2n) is 3.28. The van der Waals surface area contributed by atoms with Crippen LogP contribution in [0.2, 0.25) is 0 Å². The van der Waals surface area contributed by atoms with E-state index in [4.69, 9.17) is 14.7 Å². The van der Waals surface area contributed by atoms with Crippen LogP contribution in [-0.2, 0) is 19.1 Å². The minimum absolute atomic E-state index is 0.149. The van der Waals surface area contributed by atoms with E-state index in [1.54, 1.807) is 13.8 Å². The Morgan fingerprint density at radius 2 is 1.35 bits per heavy atom. The number of carbonyl (C=O) groups is 2. The molecule has 0 radical (unpaired) electrons. The van der Waals surface area contributed by atoms with Crippen molar-refractivity contribution >= 4 is 17.7 Å². The highest BCUT2D eigenvalue weighted by molar-refractivity contribution is 5.89. The van der Waals surface area contributed by atoms with E-state index >= 15 is 0 Å². The summed E-state index contributed by atoms with van der Waals surface area (Å²) in [6.45, 7) is 4.10. The fraction of sp³-hybridized carbons (Fsp3) is 0.727. The molecule has 0 aromatic carbocycles. The molecule has 0 aliphatic rings. The molecule has 0 aromatic rings. The van der Waals surface area contributed by atoms with E-state index in [2.05, 4.69) is 5.16 Å². The summed E-state index contributed by atoms with van der Waals surface area (Å²) in [7, 11) is 0. The Hall–Kier alpha value is -1.59. The summed E-state index contributed by atoms with van der Waals surface area (Å²) < 4.78 is 9.47. The minimum atomic E-state index is -0.343. The molecular formula is C11H19NO5. The lowest BCUT2D eigenvalue weighted by Crippen LogP contribution is -2.11. The number of hydrogen-bond donors (Lipinski definition) is 1. The lowest BCUT2D eigenvalue weighted by atomic mass is 10.1. The molecule has 0 unspecified atom stereocenters. The topological polar surface area (TPSA) is 85.2 Å². The zero-order chi connectivity index (χ0) is 13.1. The Balaban J connectivity index is 3.85. The van der Waals surface area contributed by atoms with Gasteiger partial charge in [0.25, 0.3) is 0 Å². The SMILES string of the molecule is CCOC(=O)CCC(CCC(=O)OCC)=NO. The molecule has 0 aliphatic carbocycles. The maximum Gasteiger partial charge on any atom is 0.306 e. The van der Waals surface area contributed by atoms with Gasteiger partial charge in [-0.3, -0.25) is 9.59 Å². The monoisotopic (exact) mass is 245 g/mol. The molecule has 0 rings (SSSR count). The van der Waals surface area contributed by atoms with Gasteiger partial charge in [-0.1, -0.05) is 5.16 Å². The second kappa shape index (κ2) is 9.62. The highest BCUT2D eigenvalue weighted by Crippen LogP contribution is 2.03. The maximum atomic E-state index is 11.1. The van der Waals surface area contributed by atoms with E-state index < -0.39 is 0 Å². The fourth-order valence-corrected chi connectivity index (χ4v) is 1.18.